The van der Waals surface area contributed by atoms with Gasteiger partial charge in [0.1, 0.15) is 5.56 Å². The van der Waals surface area contributed by atoms with Gasteiger partial charge in [0.15, 0.2) is 0 Å². The Labute approximate surface area is 112 Å². The lowest BCUT2D eigenvalue weighted by Gasteiger charge is -2.04. The zero-order valence-electron chi connectivity index (χ0n) is 10.4. The van der Waals surface area contributed by atoms with Crippen LogP contribution in [0.4, 0.5) is 5.69 Å². The van der Waals surface area contributed by atoms with Gasteiger partial charge in [-0.1, -0.05) is 11.2 Å². The summed E-state index contributed by atoms with van der Waals surface area (Å²) in [4.78, 5) is 26.0. The number of methoxy groups -OCH3 is 1. The van der Waals surface area contributed by atoms with Crippen molar-refractivity contribution in [3.63, 3.8) is 0 Å². The molecule has 0 saturated heterocycles. The lowest BCUT2D eigenvalue weighted by atomic mass is 10.0. The van der Waals surface area contributed by atoms with Gasteiger partial charge in [-0.15, -0.1) is 0 Å². The summed E-state index contributed by atoms with van der Waals surface area (Å²) < 4.78 is 9.40. The average molecular weight is 278 g/mol. The fourth-order valence-electron chi connectivity index (χ4n) is 1.65. The van der Waals surface area contributed by atoms with E-state index in [1.165, 1.54) is 25.3 Å². The molecular formula is C11H10N4O5. The predicted molar refractivity (Wildman–Crippen MR) is 65.6 cm³/mol. The highest BCUT2D eigenvalue weighted by atomic mass is 16.6. The molecule has 0 aliphatic carbocycles. The number of ether oxygens (including phenoxy) is 1. The summed E-state index contributed by atoms with van der Waals surface area (Å²) in [6.45, 7) is -0.0127. The molecule has 2 rings (SSSR count). The first-order valence-corrected chi connectivity index (χ1v) is 5.47. The molecule has 2 aromatic rings. The molecule has 9 nitrogen and oxygen atoms in total. The monoisotopic (exact) mass is 278 g/mol. The molecule has 0 atom stereocenters. The van der Waals surface area contributed by atoms with Crippen LogP contribution in [-0.4, -0.2) is 28.1 Å². The summed E-state index contributed by atoms with van der Waals surface area (Å²) in [6, 6.07) is 3.99. The number of carbonyl (C=O) groups excluding carboxylic acids is 1. The maximum Gasteiger partial charge on any atom is 0.338 e. The van der Waals surface area contributed by atoms with E-state index in [9.17, 15) is 14.9 Å². The number of hydrogen-bond acceptors (Lipinski definition) is 8. The van der Waals surface area contributed by atoms with Crippen LogP contribution in [0.1, 0.15) is 16.2 Å². The SMILES string of the molecule is COC(=O)c1cccc([N+](=O)[O-])c1-c1noc(CN)n1. The van der Waals surface area contributed by atoms with E-state index in [2.05, 4.69) is 14.9 Å². The summed E-state index contributed by atoms with van der Waals surface area (Å²) in [7, 11) is 1.17. The Morgan fingerprint density at radius 1 is 1.55 bits per heavy atom. The molecule has 104 valence electrons. The topological polar surface area (TPSA) is 134 Å². The van der Waals surface area contributed by atoms with Crippen molar-refractivity contribution in [1.29, 1.82) is 0 Å². The highest BCUT2D eigenvalue weighted by molar-refractivity contribution is 5.98. The fraction of sp³-hybridized carbons (Fsp3) is 0.182. The largest absolute Gasteiger partial charge is 0.465 e. The molecule has 1 heterocycles. The smallest absolute Gasteiger partial charge is 0.338 e. The lowest BCUT2D eigenvalue weighted by molar-refractivity contribution is -0.384. The minimum Gasteiger partial charge on any atom is -0.465 e. The van der Waals surface area contributed by atoms with E-state index in [1.54, 1.807) is 0 Å². The Bertz CT molecular complexity index is 667. The van der Waals surface area contributed by atoms with E-state index < -0.39 is 10.9 Å². The number of nitro benzene ring substituents is 1. The van der Waals surface area contributed by atoms with Crippen LogP contribution in [0, 0.1) is 10.1 Å². The van der Waals surface area contributed by atoms with Crippen LogP contribution in [0.3, 0.4) is 0 Å². The van der Waals surface area contributed by atoms with Gasteiger partial charge in [-0.3, -0.25) is 10.1 Å². The number of carbonyl (C=O) groups is 1. The molecule has 1 aromatic heterocycles. The first-order valence-electron chi connectivity index (χ1n) is 5.47. The van der Waals surface area contributed by atoms with Gasteiger partial charge in [0.05, 0.1) is 24.1 Å². The third kappa shape index (κ3) is 2.34. The van der Waals surface area contributed by atoms with Crippen molar-refractivity contribution in [2.45, 2.75) is 6.54 Å². The van der Waals surface area contributed by atoms with Crippen molar-refractivity contribution >= 4 is 11.7 Å². The van der Waals surface area contributed by atoms with Crippen LogP contribution in [-0.2, 0) is 11.3 Å². The van der Waals surface area contributed by atoms with E-state index >= 15 is 0 Å². The zero-order valence-corrected chi connectivity index (χ0v) is 10.4. The number of nitrogens with zero attached hydrogens (tertiary/aromatic N) is 3. The second-order valence-corrected chi connectivity index (χ2v) is 3.66. The third-order valence-corrected chi connectivity index (χ3v) is 2.51. The molecule has 0 bridgehead atoms. The van der Waals surface area contributed by atoms with Crippen molar-refractivity contribution in [2.24, 2.45) is 5.73 Å². The molecule has 0 aliphatic heterocycles. The fourth-order valence-corrected chi connectivity index (χ4v) is 1.65. The van der Waals surface area contributed by atoms with Gasteiger partial charge in [-0.25, -0.2) is 4.79 Å². The van der Waals surface area contributed by atoms with Crippen LogP contribution in [0.5, 0.6) is 0 Å². The Hall–Kier alpha value is -2.81. The number of esters is 1. The first-order chi connectivity index (χ1) is 9.58. The van der Waals surface area contributed by atoms with Gasteiger partial charge in [-0.05, 0) is 6.07 Å². The van der Waals surface area contributed by atoms with Gasteiger partial charge in [0.2, 0.25) is 11.7 Å². The van der Waals surface area contributed by atoms with Crippen molar-refractivity contribution in [2.75, 3.05) is 7.11 Å². The molecule has 0 amide bonds. The van der Waals surface area contributed by atoms with E-state index in [1.807, 2.05) is 0 Å². The Morgan fingerprint density at radius 3 is 2.85 bits per heavy atom. The predicted octanol–water partition coefficient (Wildman–Crippen LogP) is 0.890. The second kappa shape index (κ2) is 5.45. The number of aromatic nitrogens is 2. The van der Waals surface area contributed by atoms with Gasteiger partial charge >= 0.3 is 5.97 Å². The van der Waals surface area contributed by atoms with Crippen LogP contribution < -0.4 is 5.73 Å². The third-order valence-electron chi connectivity index (χ3n) is 2.51. The molecule has 2 N–H and O–H groups in total. The number of hydrogen-bond donors (Lipinski definition) is 1. The molecule has 0 spiro atoms. The molecule has 20 heavy (non-hydrogen) atoms. The van der Waals surface area contributed by atoms with Crippen LogP contribution in [0.25, 0.3) is 11.4 Å². The van der Waals surface area contributed by atoms with Crippen LogP contribution >= 0.6 is 0 Å². The van der Waals surface area contributed by atoms with Gasteiger partial charge in [0.25, 0.3) is 5.69 Å². The minimum absolute atomic E-state index is 0.0127. The standard InChI is InChI=1S/C11H10N4O5/c1-19-11(16)6-3-2-4-7(15(17)18)9(6)10-13-8(5-12)20-14-10/h2-4H,5,12H2,1H3. The van der Waals surface area contributed by atoms with E-state index in [-0.39, 0.29) is 35.1 Å². The molecule has 0 aliphatic rings. The van der Waals surface area contributed by atoms with E-state index in [4.69, 9.17) is 10.3 Å². The molecule has 0 radical (unpaired) electrons. The number of benzene rings is 1. The normalized spacial score (nSPS) is 10.3. The lowest BCUT2D eigenvalue weighted by Crippen LogP contribution is -2.06. The molecule has 9 heteroatoms. The number of nitro groups is 1. The van der Waals surface area contributed by atoms with Crippen molar-refractivity contribution in [3.05, 3.63) is 39.8 Å². The Balaban J connectivity index is 2.69. The maximum absolute atomic E-state index is 11.7. The average Bonchev–Trinajstić information content (AvgIpc) is 2.94. The molecule has 0 fully saturated rings. The summed E-state index contributed by atoms with van der Waals surface area (Å²) >= 11 is 0. The summed E-state index contributed by atoms with van der Waals surface area (Å²) in [5, 5.41) is 14.7. The molecule has 0 unspecified atom stereocenters. The van der Waals surface area contributed by atoms with Crippen LogP contribution in [0.15, 0.2) is 22.7 Å². The summed E-state index contributed by atoms with van der Waals surface area (Å²) in [5.41, 5.74) is 4.94. The zero-order chi connectivity index (χ0) is 14.7. The van der Waals surface area contributed by atoms with Crippen molar-refractivity contribution < 1.29 is 19.0 Å². The molecule has 0 saturated carbocycles. The maximum atomic E-state index is 11.7. The Kier molecular flexibility index (Phi) is 3.71. The molecule has 1 aromatic carbocycles. The summed E-state index contributed by atoms with van der Waals surface area (Å²) in [5.74, 6) is -0.713. The van der Waals surface area contributed by atoms with Gasteiger partial charge in [0, 0.05) is 6.07 Å². The van der Waals surface area contributed by atoms with Gasteiger partial charge < -0.3 is 15.0 Å². The van der Waals surface area contributed by atoms with E-state index in [0.29, 0.717) is 0 Å². The minimum atomic E-state index is -0.734. The summed E-state index contributed by atoms with van der Waals surface area (Å²) in [6.07, 6.45) is 0. The Morgan fingerprint density at radius 2 is 2.30 bits per heavy atom. The number of nitrogens with two attached hydrogens (primary N) is 1. The highest BCUT2D eigenvalue weighted by Crippen LogP contribution is 2.31. The molecular weight excluding hydrogens is 268 g/mol. The first kappa shape index (κ1) is 13.6. The number of rotatable bonds is 4. The van der Waals surface area contributed by atoms with Gasteiger partial charge in [-0.2, -0.15) is 4.98 Å². The van der Waals surface area contributed by atoms with Crippen LogP contribution in [0.2, 0.25) is 0 Å². The van der Waals surface area contributed by atoms with Crippen molar-refractivity contribution in [1.82, 2.24) is 10.1 Å². The highest BCUT2D eigenvalue weighted by Gasteiger charge is 2.27. The van der Waals surface area contributed by atoms with E-state index in [0.717, 1.165) is 0 Å². The second-order valence-electron chi connectivity index (χ2n) is 3.66. The quantitative estimate of drug-likeness (QED) is 0.495. The van der Waals surface area contributed by atoms with Crippen molar-refractivity contribution in [3.8, 4) is 11.4 Å².